The number of nitrogens with zero attached hydrogens (tertiary/aromatic N) is 1. The van der Waals surface area contributed by atoms with Crippen LogP contribution in [0.25, 0.3) is 0 Å². The van der Waals surface area contributed by atoms with Gasteiger partial charge in [-0.3, -0.25) is 4.79 Å². The van der Waals surface area contributed by atoms with E-state index in [1.54, 1.807) is 18.2 Å². The Morgan fingerprint density at radius 3 is 2.76 bits per heavy atom. The summed E-state index contributed by atoms with van der Waals surface area (Å²) in [6.07, 6.45) is 4.72. The van der Waals surface area contributed by atoms with Crippen molar-refractivity contribution in [2.75, 3.05) is 12.4 Å². The molecule has 0 spiro atoms. The smallest absolute Gasteiger partial charge is 0.224 e. The molecular formula is C15H23N3O3. The zero-order valence-corrected chi connectivity index (χ0v) is 12.6. The molecule has 0 atom stereocenters. The molecule has 0 aromatic heterocycles. The van der Waals surface area contributed by atoms with Crippen LogP contribution >= 0.6 is 0 Å². The van der Waals surface area contributed by atoms with E-state index >= 15 is 0 Å². The Morgan fingerprint density at radius 1 is 1.38 bits per heavy atom. The molecule has 0 heterocycles. The van der Waals surface area contributed by atoms with Crippen molar-refractivity contribution in [2.45, 2.75) is 39.0 Å². The minimum absolute atomic E-state index is 0.00857. The number of hydrogen-bond acceptors (Lipinski definition) is 4. The molecule has 0 aliphatic rings. The second-order valence-corrected chi connectivity index (χ2v) is 4.76. The van der Waals surface area contributed by atoms with Gasteiger partial charge in [-0.1, -0.05) is 31.3 Å². The number of hydrogen-bond donors (Lipinski definition) is 3. The highest BCUT2D eigenvalue weighted by atomic mass is 16.5. The molecule has 0 fully saturated rings. The zero-order chi connectivity index (χ0) is 15.7. The lowest BCUT2D eigenvalue weighted by atomic mass is 10.1. The van der Waals surface area contributed by atoms with Gasteiger partial charge in [-0.15, -0.1) is 0 Å². The molecule has 0 radical (unpaired) electrons. The van der Waals surface area contributed by atoms with Crippen LogP contribution < -0.4 is 15.8 Å². The molecule has 21 heavy (non-hydrogen) atoms. The van der Waals surface area contributed by atoms with Crippen molar-refractivity contribution in [1.29, 1.82) is 0 Å². The van der Waals surface area contributed by atoms with Crippen molar-refractivity contribution in [3.8, 4) is 5.75 Å². The molecule has 116 valence electrons. The molecule has 1 amide bonds. The summed E-state index contributed by atoms with van der Waals surface area (Å²) in [4.78, 5) is 11.9. The minimum atomic E-state index is -0.0408. The Bertz CT molecular complexity index is 501. The molecule has 0 aliphatic heterocycles. The second-order valence-electron chi connectivity index (χ2n) is 4.76. The topological polar surface area (TPSA) is 96.9 Å². The molecule has 0 saturated carbocycles. The Kier molecular flexibility index (Phi) is 7.08. The van der Waals surface area contributed by atoms with Crippen LogP contribution in [0.4, 0.5) is 5.69 Å². The van der Waals surface area contributed by atoms with E-state index in [2.05, 4.69) is 17.4 Å². The summed E-state index contributed by atoms with van der Waals surface area (Å²) in [5, 5.41) is 14.4. The fraction of sp³-hybridized carbons (Fsp3) is 0.467. The van der Waals surface area contributed by atoms with Gasteiger partial charge in [0, 0.05) is 12.0 Å². The molecule has 0 aliphatic carbocycles. The molecule has 1 aromatic carbocycles. The number of anilines is 1. The Labute approximate surface area is 125 Å². The van der Waals surface area contributed by atoms with Crippen LogP contribution in [0.5, 0.6) is 5.75 Å². The van der Waals surface area contributed by atoms with E-state index in [1.165, 1.54) is 7.11 Å². The summed E-state index contributed by atoms with van der Waals surface area (Å²) < 4.78 is 5.22. The van der Waals surface area contributed by atoms with Gasteiger partial charge in [0.1, 0.15) is 5.75 Å². The summed E-state index contributed by atoms with van der Waals surface area (Å²) >= 11 is 0. The number of unbranched alkanes of at least 4 members (excludes halogenated alkanes) is 3. The first-order valence-electron chi connectivity index (χ1n) is 7.08. The summed E-state index contributed by atoms with van der Waals surface area (Å²) in [5.74, 6) is 0.424. The van der Waals surface area contributed by atoms with Crippen LogP contribution in [0.2, 0.25) is 0 Å². The number of carbonyl (C=O) groups excluding carboxylic acids is 1. The number of amides is 1. The predicted octanol–water partition coefficient (Wildman–Crippen LogP) is 2.70. The van der Waals surface area contributed by atoms with Crippen LogP contribution in [-0.2, 0) is 4.79 Å². The maximum absolute atomic E-state index is 11.9. The van der Waals surface area contributed by atoms with Gasteiger partial charge in [-0.25, -0.2) is 0 Å². The first-order valence-corrected chi connectivity index (χ1v) is 7.08. The molecule has 4 N–H and O–H groups in total. The number of nitrogens with two attached hydrogens (primary N) is 1. The van der Waals surface area contributed by atoms with E-state index in [0.29, 0.717) is 23.4 Å². The van der Waals surface area contributed by atoms with Gasteiger partial charge in [0.2, 0.25) is 5.91 Å². The van der Waals surface area contributed by atoms with Crippen LogP contribution in [-0.4, -0.2) is 24.1 Å². The SMILES string of the molecule is CCCCCCC(=O)Nc1ccc(/C(N)=N/O)cc1OC. The standard InChI is InChI=1S/C15H23N3O3/c1-3-4-5-6-7-14(19)17-12-9-8-11(15(16)18-20)10-13(12)21-2/h8-10,20H,3-7H2,1-2H3,(H2,16,18)(H,17,19). The third-order valence-corrected chi connectivity index (χ3v) is 3.14. The lowest BCUT2D eigenvalue weighted by Gasteiger charge is -2.11. The van der Waals surface area contributed by atoms with Gasteiger partial charge in [-0.05, 0) is 24.6 Å². The van der Waals surface area contributed by atoms with E-state index in [4.69, 9.17) is 15.7 Å². The summed E-state index contributed by atoms with van der Waals surface area (Å²) in [7, 11) is 1.50. The molecular weight excluding hydrogens is 270 g/mol. The van der Waals surface area contributed by atoms with Crippen molar-refractivity contribution in [1.82, 2.24) is 0 Å². The predicted molar refractivity (Wildman–Crippen MR) is 82.9 cm³/mol. The highest BCUT2D eigenvalue weighted by Crippen LogP contribution is 2.25. The number of carbonyl (C=O) groups is 1. The summed E-state index contributed by atoms with van der Waals surface area (Å²) in [5.41, 5.74) is 6.62. The maximum atomic E-state index is 11.9. The lowest BCUT2D eigenvalue weighted by Crippen LogP contribution is -2.15. The minimum Gasteiger partial charge on any atom is -0.495 e. The average Bonchev–Trinajstić information content (AvgIpc) is 2.51. The highest BCUT2D eigenvalue weighted by Gasteiger charge is 2.10. The van der Waals surface area contributed by atoms with Gasteiger partial charge in [0.05, 0.1) is 12.8 Å². The van der Waals surface area contributed by atoms with Gasteiger partial charge in [0.15, 0.2) is 5.84 Å². The van der Waals surface area contributed by atoms with Gasteiger partial charge in [-0.2, -0.15) is 0 Å². The number of oxime groups is 1. The number of ether oxygens (including phenoxy) is 1. The van der Waals surface area contributed by atoms with Crippen molar-refractivity contribution in [2.24, 2.45) is 10.9 Å². The van der Waals surface area contributed by atoms with E-state index in [9.17, 15) is 4.79 Å². The van der Waals surface area contributed by atoms with Gasteiger partial charge in [0.25, 0.3) is 0 Å². The number of amidine groups is 1. The quantitative estimate of drug-likeness (QED) is 0.226. The van der Waals surface area contributed by atoms with Crippen molar-refractivity contribution in [3.63, 3.8) is 0 Å². The molecule has 1 rings (SSSR count). The molecule has 0 unspecified atom stereocenters. The Morgan fingerprint density at radius 2 is 2.14 bits per heavy atom. The summed E-state index contributed by atoms with van der Waals surface area (Å²) in [6.45, 7) is 2.13. The average molecular weight is 293 g/mol. The third kappa shape index (κ3) is 5.33. The zero-order valence-electron chi connectivity index (χ0n) is 12.6. The van der Waals surface area contributed by atoms with E-state index in [0.717, 1.165) is 25.7 Å². The van der Waals surface area contributed by atoms with Crippen molar-refractivity contribution < 1.29 is 14.7 Å². The number of methoxy groups -OCH3 is 1. The van der Waals surface area contributed by atoms with Crippen LogP contribution in [0.15, 0.2) is 23.4 Å². The monoisotopic (exact) mass is 293 g/mol. The summed E-state index contributed by atoms with van der Waals surface area (Å²) in [6, 6.07) is 4.95. The molecule has 0 saturated heterocycles. The highest BCUT2D eigenvalue weighted by molar-refractivity contribution is 5.99. The van der Waals surface area contributed by atoms with Crippen LogP contribution in [0, 0.1) is 0 Å². The number of benzene rings is 1. The normalized spacial score (nSPS) is 11.2. The lowest BCUT2D eigenvalue weighted by molar-refractivity contribution is -0.116. The molecule has 0 bridgehead atoms. The van der Waals surface area contributed by atoms with E-state index in [-0.39, 0.29) is 11.7 Å². The fourth-order valence-electron chi connectivity index (χ4n) is 1.94. The van der Waals surface area contributed by atoms with E-state index in [1.807, 2.05) is 0 Å². The van der Waals surface area contributed by atoms with Gasteiger partial charge < -0.3 is 21.0 Å². The van der Waals surface area contributed by atoms with Crippen molar-refractivity contribution in [3.05, 3.63) is 23.8 Å². The first kappa shape index (κ1) is 16.8. The second kappa shape index (κ2) is 8.84. The van der Waals surface area contributed by atoms with Crippen LogP contribution in [0.1, 0.15) is 44.6 Å². The largest absolute Gasteiger partial charge is 0.495 e. The van der Waals surface area contributed by atoms with Crippen LogP contribution in [0.3, 0.4) is 0 Å². The molecule has 6 heteroatoms. The van der Waals surface area contributed by atoms with Crippen molar-refractivity contribution >= 4 is 17.4 Å². The number of rotatable bonds is 8. The third-order valence-electron chi connectivity index (χ3n) is 3.14. The van der Waals surface area contributed by atoms with Gasteiger partial charge >= 0.3 is 0 Å². The Balaban J connectivity index is 2.68. The number of nitrogens with one attached hydrogen (secondary N) is 1. The Hall–Kier alpha value is -2.24. The maximum Gasteiger partial charge on any atom is 0.224 e. The first-order chi connectivity index (χ1) is 10.1. The molecule has 6 nitrogen and oxygen atoms in total. The molecule has 1 aromatic rings. The van der Waals surface area contributed by atoms with E-state index < -0.39 is 0 Å². The fourth-order valence-corrected chi connectivity index (χ4v) is 1.94.